The molecule has 0 aromatic rings. The van der Waals surface area contributed by atoms with Gasteiger partial charge in [-0.3, -0.25) is 4.79 Å². The molecule has 108 valence electrons. The molecule has 3 amide bonds. The summed E-state index contributed by atoms with van der Waals surface area (Å²) in [7, 11) is 3.14. The molecule has 0 bridgehead atoms. The second kappa shape index (κ2) is 5.46. The van der Waals surface area contributed by atoms with Crippen LogP contribution >= 0.6 is 0 Å². The predicted molar refractivity (Wildman–Crippen MR) is 68.7 cm³/mol. The lowest BCUT2D eigenvalue weighted by Gasteiger charge is -2.35. The fraction of sp³-hybridized carbons (Fsp3) is 0.750. The van der Waals surface area contributed by atoms with Crippen LogP contribution in [0.15, 0.2) is 0 Å². The molecule has 0 radical (unpaired) electrons. The van der Waals surface area contributed by atoms with Gasteiger partial charge < -0.3 is 19.8 Å². The van der Waals surface area contributed by atoms with E-state index in [1.165, 1.54) is 25.8 Å². The molecule has 0 aromatic heterocycles. The number of hydrogen-bond donors (Lipinski definition) is 1. The molecule has 1 aliphatic rings. The molecule has 1 fully saturated rings. The number of hydrogen-bond acceptors (Lipinski definition) is 3. The number of urea groups is 1. The largest absolute Gasteiger partial charge is 0.480 e. The number of carboxylic acid groups (broad SMARTS) is 1. The van der Waals surface area contributed by atoms with Crippen molar-refractivity contribution in [2.24, 2.45) is 0 Å². The first-order valence-corrected chi connectivity index (χ1v) is 6.18. The number of aliphatic carboxylic acids is 1. The molecule has 1 N–H and O–H groups in total. The zero-order valence-corrected chi connectivity index (χ0v) is 11.8. The van der Waals surface area contributed by atoms with Gasteiger partial charge in [0.1, 0.15) is 12.1 Å². The highest BCUT2D eigenvalue weighted by Crippen LogP contribution is 2.16. The van der Waals surface area contributed by atoms with Gasteiger partial charge in [0, 0.05) is 27.2 Å². The van der Waals surface area contributed by atoms with Gasteiger partial charge in [-0.2, -0.15) is 0 Å². The summed E-state index contributed by atoms with van der Waals surface area (Å²) in [5.41, 5.74) is -1.31. The summed E-state index contributed by atoms with van der Waals surface area (Å²) >= 11 is 0. The third kappa shape index (κ3) is 3.15. The zero-order valence-electron chi connectivity index (χ0n) is 11.8. The summed E-state index contributed by atoms with van der Waals surface area (Å²) in [5, 5.41) is 9.12. The Morgan fingerprint density at radius 1 is 1.32 bits per heavy atom. The van der Waals surface area contributed by atoms with E-state index in [0.29, 0.717) is 19.5 Å². The lowest BCUT2D eigenvalue weighted by atomic mass is 10.0. The average molecular weight is 271 g/mol. The SMILES string of the molecule is CN1CCCN(C(=O)N(C)C(C)(C)C(=O)O)CC1=O. The van der Waals surface area contributed by atoms with Gasteiger partial charge in [-0.25, -0.2) is 9.59 Å². The van der Waals surface area contributed by atoms with Crippen molar-refractivity contribution in [3.8, 4) is 0 Å². The van der Waals surface area contributed by atoms with E-state index in [-0.39, 0.29) is 12.5 Å². The van der Waals surface area contributed by atoms with Crippen molar-refractivity contribution in [1.29, 1.82) is 0 Å². The van der Waals surface area contributed by atoms with E-state index in [1.54, 1.807) is 11.9 Å². The van der Waals surface area contributed by atoms with Crippen LogP contribution in [0.25, 0.3) is 0 Å². The first-order valence-electron chi connectivity index (χ1n) is 6.18. The molecule has 7 nitrogen and oxygen atoms in total. The van der Waals surface area contributed by atoms with Gasteiger partial charge in [-0.1, -0.05) is 0 Å². The zero-order chi connectivity index (χ0) is 14.8. The molecular weight excluding hydrogens is 250 g/mol. The molecule has 0 saturated carbocycles. The Bertz CT molecular complexity index is 394. The molecule has 0 atom stereocenters. The highest BCUT2D eigenvalue weighted by Gasteiger charge is 2.38. The quantitative estimate of drug-likeness (QED) is 0.770. The number of likely N-dealkylation sites (N-methyl/N-ethyl adjacent to an activating group) is 2. The lowest BCUT2D eigenvalue weighted by molar-refractivity contribution is -0.147. The monoisotopic (exact) mass is 271 g/mol. The van der Waals surface area contributed by atoms with E-state index in [9.17, 15) is 14.4 Å². The molecule has 1 aliphatic heterocycles. The standard InChI is InChI=1S/C12H21N3O4/c1-12(2,10(17)18)14(4)11(19)15-7-5-6-13(3)9(16)8-15/h5-8H2,1-4H3,(H,17,18). The van der Waals surface area contributed by atoms with Crippen molar-refractivity contribution in [2.45, 2.75) is 25.8 Å². The van der Waals surface area contributed by atoms with Gasteiger partial charge in [0.15, 0.2) is 0 Å². The second-order valence-corrected chi connectivity index (χ2v) is 5.30. The van der Waals surface area contributed by atoms with E-state index in [0.717, 1.165) is 4.90 Å². The van der Waals surface area contributed by atoms with Gasteiger partial charge in [0.25, 0.3) is 0 Å². The maximum absolute atomic E-state index is 12.3. The third-order valence-electron chi connectivity index (χ3n) is 3.59. The maximum atomic E-state index is 12.3. The van der Waals surface area contributed by atoms with Crippen molar-refractivity contribution in [2.75, 3.05) is 33.7 Å². The summed E-state index contributed by atoms with van der Waals surface area (Å²) in [4.78, 5) is 39.3. The minimum absolute atomic E-state index is 0.00459. The molecule has 0 aromatic carbocycles. The van der Waals surface area contributed by atoms with E-state index >= 15 is 0 Å². The fourth-order valence-electron chi connectivity index (χ4n) is 1.74. The summed E-state index contributed by atoms with van der Waals surface area (Å²) in [6, 6.07) is -0.434. The molecule has 0 spiro atoms. The Hall–Kier alpha value is -1.79. The van der Waals surface area contributed by atoms with Gasteiger partial charge in [0.2, 0.25) is 5.91 Å². The Morgan fingerprint density at radius 2 is 1.89 bits per heavy atom. The number of rotatable bonds is 2. The Labute approximate surface area is 112 Å². The fourth-order valence-corrected chi connectivity index (χ4v) is 1.74. The summed E-state index contributed by atoms with van der Waals surface area (Å²) < 4.78 is 0. The molecule has 1 rings (SSSR count). The van der Waals surface area contributed by atoms with Gasteiger partial charge in [0.05, 0.1) is 0 Å². The summed E-state index contributed by atoms with van der Waals surface area (Å²) in [5.74, 6) is -1.21. The van der Waals surface area contributed by atoms with E-state index in [4.69, 9.17) is 5.11 Å². The first-order chi connectivity index (χ1) is 8.67. The van der Waals surface area contributed by atoms with Crippen LogP contribution in [0.1, 0.15) is 20.3 Å². The Balaban J connectivity index is 2.82. The second-order valence-electron chi connectivity index (χ2n) is 5.30. The maximum Gasteiger partial charge on any atom is 0.329 e. The van der Waals surface area contributed by atoms with Crippen LogP contribution in [-0.2, 0) is 9.59 Å². The molecule has 19 heavy (non-hydrogen) atoms. The molecule has 7 heteroatoms. The topological polar surface area (TPSA) is 81.2 Å². The van der Waals surface area contributed by atoms with Crippen LogP contribution in [0.3, 0.4) is 0 Å². The van der Waals surface area contributed by atoms with Crippen molar-refractivity contribution < 1.29 is 19.5 Å². The number of carbonyl (C=O) groups excluding carboxylic acids is 2. The lowest BCUT2D eigenvalue weighted by Crippen LogP contribution is -2.55. The van der Waals surface area contributed by atoms with Crippen LogP contribution in [-0.4, -0.2) is 77.0 Å². The number of amides is 3. The van der Waals surface area contributed by atoms with E-state index < -0.39 is 17.5 Å². The van der Waals surface area contributed by atoms with Gasteiger partial charge in [-0.05, 0) is 20.3 Å². The van der Waals surface area contributed by atoms with Crippen molar-refractivity contribution in [3.05, 3.63) is 0 Å². The van der Waals surface area contributed by atoms with Crippen LogP contribution in [0.2, 0.25) is 0 Å². The highest BCUT2D eigenvalue weighted by atomic mass is 16.4. The number of nitrogens with zero attached hydrogens (tertiary/aromatic N) is 3. The normalized spacial score (nSPS) is 17.2. The first kappa shape index (κ1) is 15.3. The smallest absolute Gasteiger partial charge is 0.329 e. The van der Waals surface area contributed by atoms with Crippen LogP contribution in [0.5, 0.6) is 0 Å². The van der Waals surface area contributed by atoms with E-state index in [2.05, 4.69) is 0 Å². The molecule has 0 aliphatic carbocycles. The van der Waals surface area contributed by atoms with Crippen molar-refractivity contribution >= 4 is 17.9 Å². The minimum atomic E-state index is -1.31. The molecular formula is C12H21N3O4. The summed E-state index contributed by atoms with van der Waals surface area (Å²) in [6.45, 7) is 3.97. The average Bonchev–Trinajstić information content (AvgIpc) is 2.50. The Morgan fingerprint density at radius 3 is 2.42 bits per heavy atom. The third-order valence-corrected chi connectivity index (χ3v) is 3.59. The van der Waals surface area contributed by atoms with Crippen LogP contribution in [0, 0.1) is 0 Å². The molecule has 1 heterocycles. The van der Waals surface area contributed by atoms with Crippen molar-refractivity contribution in [1.82, 2.24) is 14.7 Å². The van der Waals surface area contributed by atoms with E-state index in [1.807, 2.05) is 0 Å². The van der Waals surface area contributed by atoms with Crippen molar-refractivity contribution in [3.63, 3.8) is 0 Å². The molecule has 1 saturated heterocycles. The molecule has 0 unspecified atom stereocenters. The number of carbonyl (C=O) groups is 3. The summed E-state index contributed by atoms with van der Waals surface area (Å²) in [6.07, 6.45) is 0.690. The van der Waals surface area contributed by atoms with Gasteiger partial charge >= 0.3 is 12.0 Å². The highest BCUT2D eigenvalue weighted by molar-refractivity contribution is 5.88. The predicted octanol–water partition coefficient (Wildman–Crippen LogP) is 0.0655. The van der Waals surface area contributed by atoms with Crippen LogP contribution in [0.4, 0.5) is 4.79 Å². The Kier molecular flexibility index (Phi) is 4.39. The van der Waals surface area contributed by atoms with Gasteiger partial charge in [-0.15, -0.1) is 0 Å². The number of carboxylic acids is 1. The van der Waals surface area contributed by atoms with Crippen LogP contribution < -0.4 is 0 Å². The minimum Gasteiger partial charge on any atom is -0.480 e.